The highest BCUT2D eigenvalue weighted by Gasteiger charge is 2.15. The van der Waals surface area contributed by atoms with Crippen LogP contribution in [0.25, 0.3) is 10.9 Å². The van der Waals surface area contributed by atoms with E-state index in [0.717, 1.165) is 25.2 Å². The van der Waals surface area contributed by atoms with Crippen molar-refractivity contribution in [3.8, 4) is 5.75 Å². The van der Waals surface area contributed by atoms with Gasteiger partial charge in [0, 0.05) is 30.1 Å². The average Bonchev–Trinajstić information content (AvgIpc) is 3.38. The van der Waals surface area contributed by atoms with E-state index in [-0.39, 0.29) is 23.2 Å². The molecule has 35 heavy (non-hydrogen) atoms. The monoisotopic (exact) mass is 498 g/mol. The molecular weight excluding hydrogens is 471 g/mol. The number of amides is 1. The Labute approximate surface area is 208 Å². The molecular formula is C25H28ClFN6O2. The van der Waals surface area contributed by atoms with E-state index in [1.54, 1.807) is 32.2 Å². The minimum absolute atomic E-state index is 0.0101. The minimum Gasteiger partial charge on any atom is -0.496 e. The summed E-state index contributed by atoms with van der Waals surface area (Å²) in [7, 11) is 1.55. The summed E-state index contributed by atoms with van der Waals surface area (Å²) in [6.45, 7) is 5.61. The van der Waals surface area contributed by atoms with E-state index in [1.807, 2.05) is 6.07 Å². The third-order valence-electron chi connectivity index (χ3n) is 5.97. The van der Waals surface area contributed by atoms with Gasteiger partial charge in [-0.15, -0.1) is 0 Å². The number of nitrogens with zero attached hydrogens (tertiary/aromatic N) is 4. The van der Waals surface area contributed by atoms with Crippen molar-refractivity contribution in [3.05, 3.63) is 53.1 Å². The predicted octanol–water partition coefficient (Wildman–Crippen LogP) is 4.35. The van der Waals surface area contributed by atoms with Crippen molar-refractivity contribution in [2.45, 2.75) is 26.3 Å². The van der Waals surface area contributed by atoms with Crippen molar-refractivity contribution in [2.75, 3.05) is 38.6 Å². The molecule has 0 unspecified atom stereocenters. The first kappa shape index (κ1) is 24.8. The van der Waals surface area contributed by atoms with Gasteiger partial charge in [0.15, 0.2) is 5.82 Å². The van der Waals surface area contributed by atoms with Gasteiger partial charge in [0.05, 0.1) is 35.6 Å². The lowest BCUT2D eigenvalue weighted by atomic mass is 10.1. The lowest BCUT2D eigenvalue weighted by molar-refractivity contribution is -0.115. The Hall–Kier alpha value is -3.30. The standard InChI is InChI=1S/C25H28ClFN6O2/c1-16(28-8-11-33-9-3-4-10-33)25(34)29-14-17-12-18-21(13-22(17)35-2)30-15-31-24(18)32-20-7-5-6-19(26)23(20)27/h5-7,12-13,15H,3-4,8-11,14H2,1-2H3,(H,29,34)(H,30,31,32). The minimum atomic E-state index is -0.568. The van der Waals surface area contributed by atoms with Crippen LogP contribution < -0.4 is 15.4 Å². The molecule has 1 saturated heterocycles. The Morgan fingerprint density at radius 1 is 1.26 bits per heavy atom. The molecule has 0 bridgehead atoms. The summed E-state index contributed by atoms with van der Waals surface area (Å²) in [5, 5.41) is 6.54. The first-order chi connectivity index (χ1) is 17.0. The van der Waals surface area contributed by atoms with Crippen LogP contribution in [0.2, 0.25) is 5.02 Å². The topological polar surface area (TPSA) is 91.7 Å². The summed E-state index contributed by atoms with van der Waals surface area (Å²) in [6, 6.07) is 8.28. The number of fused-ring (bicyclic) bond motifs is 1. The summed E-state index contributed by atoms with van der Waals surface area (Å²) in [5.41, 5.74) is 1.97. The van der Waals surface area contributed by atoms with Crippen LogP contribution in [0.1, 0.15) is 25.3 Å². The van der Waals surface area contributed by atoms with E-state index >= 15 is 0 Å². The van der Waals surface area contributed by atoms with Crippen molar-refractivity contribution in [3.63, 3.8) is 0 Å². The molecule has 10 heteroatoms. The fourth-order valence-corrected chi connectivity index (χ4v) is 4.20. The van der Waals surface area contributed by atoms with Gasteiger partial charge < -0.3 is 20.3 Å². The maximum absolute atomic E-state index is 14.4. The van der Waals surface area contributed by atoms with Gasteiger partial charge in [0.2, 0.25) is 0 Å². The zero-order valence-corrected chi connectivity index (χ0v) is 20.5. The number of carbonyl (C=O) groups is 1. The Bertz CT molecular complexity index is 1250. The van der Waals surface area contributed by atoms with E-state index in [1.165, 1.54) is 25.2 Å². The van der Waals surface area contributed by atoms with Crippen LogP contribution in [0, 0.1) is 5.82 Å². The number of ether oxygens (including phenoxy) is 1. The van der Waals surface area contributed by atoms with Gasteiger partial charge in [-0.1, -0.05) is 17.7 Å². The van der Waals surface area contributed by atoms with Gasteiger partial charge in [0.25, 0.3) is 5.91 Å². The summed E-state index contributed by atoms with van der Waals surface area (Å²) in [6.07, 6.45) is 3.84. The second-order valence-electron chi connectivity index (χ2n) is 8.33. The highest BCUT2D eigenvalue weighted by Crippen LogP contribution is 2.31. The molecule has 1 amide bonds. The van der Waals surface area contributed by atoms with Crippen LogP contribution in [0.15, 0.2) is 41.7 Å². The van der Waals surface area contributed by atoms with Crippen molar-refractivity contribution in [1.82, 2.24) is 20.2 Å². The van der Waals surface area contributed by atoms with E-state index in [0.29, 0.717) is 34.7 Å². The lowest BCUT2D eigenvalue weighted by Crippen LogP contribution is -2.30. The van der Waals surface area contributed by atoms with Gasteiger partial charge in [0.1, 0.15) is 17.9 Å². The molecule has 0 aliphatic carbocycles. The van der Waals surface area contributed by atoms with Crippen LogP contribution in [0.5, 0.6) is 5.75 Å². The fourth-order valence-electron chi connectivity index (χ4n) is 4.03. The normalized spacial score (nSPS) is 14.3. The number of hydrogen-bond donors (Lipinski definition) is 2. The summed E-state index contributed by atoms with van der Waals surface area (Å²) >= 11 is 5.91. The molecule has 2 heterocycles. The van der Waals surface area contributed by atoms with Gasteiger partial charge in [-0.2, -0.15) is 0 Å². The summed E-state index contributed by atoms with van der Waals surface area (Å²) in [5.74, 6) is 0.171. The number of likely N-dealkylation sites (tertiary alicyclic amines) is 1. The zero-order chi connectivity index (χ0) is 24.8. The van der Waals surface area contributed by atoms with E-state index in [4.69, 9.17) is 16.3 Å². The number of benzene rings is 2. The fraction of sp³-hybridized carbons (Fsp3) is 0.360. The highest BCUT2D eigenvalue weighted by molar-refractivity contribution is 6.37. The first-order valence-electron chi connectivity index (χ1n) is 11.5. The Kier molecular flexibility index (Phi) is 8.09. The maximum Gasteiger partial charge on any atom is 0.265 e. The molecule has 1 aromatic heterocycles. The maximum atomic E-state index is 14.4. The first-order valence-corrected chi connectivity index (χ1v) is 11.9. The van der Waals surface area contributed by atoms with Gasteiger partial charge in [-0.05, 0) is 51.1 Å². The number of carbonyl (C=O) groups excluding carboxylic acids is 1. The molecule has 1 fully saturated rings. The van der Waals surface area contributed by atoms with Crippen molar-refractivity contribution < 1.29 is 13.9 Å². The second kappa shape index (κ2) is 11.4. The van der Waals surface area contributed by atoms with Crippen molar-refractivity contribution >= 4 is 45.6 Å². The largest absolute Gasteiger partial charge is 0.496 e. The van der Waals surface area contributed by atoms with Crippen LogP contribution in [0.4, 0.5) is 15.9 Å². The number of anilines is 2. The van der Waals surface area contributed by atoms with Crippen molar-refractivity contribution in [1.29, 1.82) is 0 Å². The number of aromatic nitrogens is 2. The molecule has 0 saturated carbocycles. The third-order valence-corrected chi connectivity index (χ3v) is 6.27. The SMILES string of the molecule is COc1cc2ncnc(Nc3cccc(Cl)c3F)c2cc1CNC(=O)C(C)=NCCN1CCCC1. The number of methoxy groups -OCH3 is 1. The highest BCUT2D eigenvalue weighted by atomic mass is 35.5. The van der Waals surface area contributed by atoms with Crippen molar-refractivity contribution in [2.24, 2.45) is 4.99 Å². The molecule has 1 aliphatic rings. The lowest BCUT2D eigenvalue weighted by Gasteiger charge is -2.14. The van der Waals surface area contributed by atoms with Gasteiger partial charge in [-0.25, -0.2) is 14.4 Å². The molecule has 8 nitrogen and oxygen atoms in total. The van der Waals surface area contributed by atoms with Crippen LogP contribution in [0.3, 0.4) is 0 Å². The molecule has 0 atom stereocenters. The summed E-state index contributed by atoms with van der Waals surface area (Å²) in [4.78, 5) is 28.0. The Morgan fingerprint density at radius 2 is 2.06 bits per heavy atom. The number of halogens is 2. The molecule has 3 aromatic rings. The van der Waals surface area contributed by atoms with Crippen LogP contribution >= 0.6 is 11.6 Å². The average molecular weight is 499 g/mol. The number of rotatable bonds is 9. The molecule has 0 radical (unpaired) electrons. The predicted molar refractivity (Wildman–Crippen MR) is 136 cm³/mol. The molecule has 4 rings (SSSR count). The van der Waals surface area contributed by atoms with Gasteiger partial charge in [-0.3, -0.25) is 9.79 Å². The zero-order valence-electron chi connectivity index (χ0n) is 19.8. The Balaban J connectivity index is 1.50. The number of aliphatic imine (C=N–C) groups is 1. The van der Waals surface area contributed by atoms with E-state index in [2.05, 4.69) is 30.5 Å². The van der Waals surface area contributed by atoms with Crippen LogP contribution in [-0.4, -0.2) is 59.8 Å². The summed E-state index contributed by atoms with van der Waals surface area (Å²) < 4.78 is 19.9. The van der Waals surface area contributed by atoms with E-state index in [9.17, 15) is 9.18 Å². The third kappa shape index (κ3) is 6.04. The van der Waals surface area contributed by atoms with Gasteiger partial charge >= 0.3 is 0 Å². The number of nitrogens with one attached hydrogen (secondary N) is 2. The molecule has 0 spiro atoms. The molecule has 2 aromatic carbocycles. The van der Waals surface area contributed by atoms with Crippen LogP contribution in [-0.2, 0) is 11.3 Å². The second-order valence-corrected chi connectivity index (χ2v) is 8.74. The van der Waals surface area contributed by atoms with E-state index < -0.39 is 5.82 Å². The molecule has 184 valence electrons. The molecule has 2 N–H and O–H groups in total. The Morgan fingerprint density at radius 3 is 2.83 bits per heavy atom. The quantitative estimate of drug-likeness (QED) is 0.426. The smallest absolute Gasteiger partial charge is 0.265 e. The molecule has 1 aliphatic heterocycles. The number of hydrogen-bond acceptors (Lipinski definition) is 7.